The normalized spacial score (nSPS) is 15.9. The van der Waals surface area contributed by atoms with Crippen molar-refractivity contribution in [3.63, 3.8) is 0 Å². The summed E-state index contributed by atoms with van der Waals surface area (Å²) < 4.78 is 11.7. The summed E-state index contributed by atoms with van der Waals surface area (Å²) in [6.45, 7) is 7.84. The van der Waals surface area contributed by atoms with Crippen LogP contribution in [0, 0.1) is 0 Å². The molecule has 0 amide bonds. The Kier molecular flexibility index (Phi) is 4.79. The molecule has 2 aromatic rings. The minimum Gasteiger partial charge on any atom is -0.325 e. The fourth-order valence-electron chi connectivity index (χ4n) is 3.45. The van der Waals surface area contributed by atoms with Crippen LogP contribution in [0.25, 0.3) is 12.2 Å². The number of benzene rings is 2. The lowest BCUT2D eigenvalue weighted by molar-refractivity contribution is 0.603. The highest BCUT2D eigenvalue weighted by molar-refractivity contribution is 7.34. The zero-order valence-electron chi connectivity index (χ0n) is 13.2. The summed E-state index contributed by atoms with van der Waals surface area (Å²) in [6, 6.07) is 12.6. The van der Waals surface area contributed by atoms with E-state index in [-0.39, 0.29) is 5.92 Å². The standard InChI is InChI=1S/C21H21OP/c1-3-7-16-12-14-20(23-22)19-13-11-15-9-5-6-10-17(15)18(8-4-2)21(16)19/h3-6,9-14,18H,1-2,7-8,23H2. The first-order valence-electron chi connectivity index (χ1n) is 7.90. The molecule has 0 aliphatic heterocycles. The molecular weight excluding hydrogens is 299 g/mol. The van der Waals surface area contributed by atoms with Crippen molar-refractivity contribution in [1.82, 2.24) is 0 Å². The molecule has 2 unspecified atom stereocenters. The molecule has 0 radical (unpaired) electrons. The second-order valence-electron chi connectivity index (χ2n) is 5.79. The van der Waals surface area contributed by atoms with Crippen LogP contribution in [0.5, 0.6) is 0 Å². The molecular formula is C21H21OP. The van der Waals surface area contributed by atoms with Crippen molar-refractivity contribution in [1.29, 1.82) is 0 Å². The van der Waals surface area contributed by atoms with Crippen LogP contribution in [-0.2, 0) is 11.0 Å². The molecule has 23 heavy (non-hydrogen) atoms. The second-order valence-corrected chi connectivity index (χ2v) is 6.65. The van der Waals surface area contributed by atoms with Crippen LogP contribution in [0.1, 0.15) is 40.2 Å². The van der Waals surface area contributed by atoms with E-state index in [1.165, 1.54) is 22.3 Å². The second kappa shape index (κ2) is 6.98. The van der Waals surface area contributed by atoms with Crippen LogP contribution < -0.4 is 5.30 Å². The van der Waals surface area contributed by atoms with Crippen LogP contribution in [0.2, 0.25) is 0 Å². The molecule has 116 valence electrons. The van der Waals surface area contributed by atoms with E-state index >= 15 is 0 Å². The van der Waals surface area contributed by atoms with Crippen LogP contribution in [-0.4, -0.2) is 0 Å². The lowest BCUT2D eigenvalue weighted by atomic mass is 9.82. The monoisotopic (exact) mass is 320 g/mol. The molecule has 0 aromatic heterocycles. The van der Waals surface area contributed by atoms with Crippen molar-refractivity contribution in [3.05, 3.63) is 89.5 Å². The van der Waals surface area contributed by atoms with E-state index in [9.17, 15) is 4.57 Å². The molecule has 2 heteroatoms. The first-order valence-corrected chi connectivity index (χ1v) is 8.94. The minimum atomic E-state index is -0.958. The Bertz CT molecular complexity index is 801. The molecule has 2 aromatic carbocycles. The first kappa shape index (κ1) is 15.8. The fourth-order valence-corrected chi connectivity index (χ4v) is 4.01. The smallest absolute Gasteiger partial charge is 0.0927 e. The topological polar surface area (TPSA) is 17.1 Å². The van der Waals surface area contributed by atoms with Gasteiger partial charge in [0.05, 0.1) is 8.46 Å². The van der Waals surface area contributed by atoms with Gasteiger partial charge in [0.1, 0.15) is 0 Å². The molecule has 0 heterocycles. The van der Waals surface area contributed by atoms with Gasteiger partial charge in [-0.25, -0.2) is 0 Å². The van der Waals surface area contributed by atoms with E-state index < -0.39 is 8.46 Å². The van der Waals surface area contributed by atoms with Crippen molar-refractivity contribution in [2.24, 2.45) is 0 Å². The summed E-state index contributed by atoms with van der Waals surface area (Å²) in [7, 11) is -0.958. The third kappa shape index (κ3) is 2.90. The Labute approximate surface area is 139 Å². The fraction of sp³-hybridized carbons (Fsp3) is 0.143. The highest BCUT2D eigenvalue weighted by Gasteiger charge is 2.24. The van der Waals surface area contributed by atoms with Gasteiger partial charge in [-0.2, -0.15) is 0 Å². The maximum Gasteiger partial charge on any atom is 0.0927 e. The molecule has 0 fully saturated rings. The van der Waals surface area contributed by atoms with Gasteiger partial charge in [0.2, 0.25) is 0 Å². The number of hydrogen-bond acceptors (Lipinski definition) is 1. The zero-order chi connectivity index (χ0) is 16.2. The average Bonchev–Trinajstić information content (AvgIpc) is 2.74. The van der Waals surface area contributed by atoms with Gasteiger partial charge >= 0.3 is 0 Å². The predicted molar refractivity (Wildman–Crippen MR) is 102 cm³/mol. The Morgan fingerprint density at radius 1 is 1.04 bits per heavy atom. The number of hydrogen-bond donors (Lipinski definition) is 0. The van der Waals surface area contributed by atoms with Gasteiger partial charge in [0, 0.05) is 11.2 Å². The highest BCUT2D eigenvalue weighted by Crippen LogP contribution is 2.39. The van der Waals surface area contributed by atoms with Crippen LogP contribution in [0.4, 0.5) is 0 Å². The molecule has 2 atom stereocenters. The Balaban J connectivity index is 2.33. The molecule has 1 aliphatic carbocycles. The minimum absolute atomic E-state index is 0.245. The average molecular weight is 320 g/mol. The third-order valence-electron chi connectivity index (χ3n) is 4.45. The summed E-state index contributed by atoms with van der Waals surface area (Å²) in [5.74, 6) is 0.245. The summed E-state index contributed by atoms with van der Waals surface area (Å²) in [5.41, 5.74) is 6.21. The quantitative estimate of drug-likeness (QED) is 0.560. The van der Waals surface area contributed by atoms with Gasteiger partial charge in [-0.3, -0.25) is 0 Å². The van der Waals surface area contributed by atoms with E-state index in [0.29, 0.717) is 0 Å². The summed E-state index contributed by atoms with van der Waals surface area (Å²) >= 11 is 0. The zero-order valence-corrected chi connectivity index (χ0v) is 14.3. The van der Waals surface area contributed by atoms with Crippen LogP contribution in [0.15, 0.2) is 61.7 Å². The SMILES string of the molecule is C=CCc1ccc([PH2]=O)c2c1C(CC=C)c1ccccc1C=C2. The van der Waals surface area contributed by atoms with Crippen molar-refractivity contribution < 1.29 is 4.57 Å². The Morgan fingerprint density at radius 3 is 2.61 bits per heavy atom. The number of allylic oxidation sites excluding steroid dienone is 2. The van der Waals surface area contributed by atoms with Crippen molar-refractivity contribution in [2.45, 2.75) is 18.8 Å². The summed E-state index contributed by atoms with van der Waals surface area (Å²) in [4.78, 5) is 0. The number of fused-ring (bicyclic) bond motifs is 2. The molecule has 0 bridgehead atoms. The van der Waals surface area contributed by atoms with E-state index in [1.54, 1.807) is 0 Å². The van der Waals surface area contributed by atoms with E-state index in [2.05, 4.69) is 55.6 Å². The largest absolute Gasteiger partial charge is 0.325 e. The van der Waals surface area contributed by atoms with Crippen LogP contribution >= 0.6 is 8.46 Å². The molecule has 0 spiro atoms. The summed E-state index contributed by atoms with van der Waals surface area (Å²) in [5, 5.41) is 0.950. The van der Waals surface area contributed by atoms with Gasteiger partial charge in [-0.15, -0.1) is 13.2 Å². The van der Waals surface area contributed by atoms with Gasteiger partial charge in [-0.05, 0) is 40.7 Å². The maximum absolute atomic E-state index is 11.7. The van der Waals surface area contributed by atoms with Crippen molar-refractivity contribution in [3.8, 4) is 0 Å². The van der Waals surface area contributed by atoms with Crippen LogP contribution in [0.3, 0.4) is 0 Å². The van der Waals surface area contributed by atoms with E-state index in [0.717, 1.165) is 23.7 Å². The van der Waals surface area contributed by atoms with E-state index in [1.807, 2.05) is 18.2 Å². The van der Waals surface area contributed by atoms with Crippen molar-refractivity contribution in [2.75, 3.05) is 0 Å². The highest BCUT2D eigenvalue weighted by atomic mass is 31.1. The lowest BCUT2D eigenvalue weighted by Gasteiger charge is -2.23. The van der Waals surface area contributed by atoms with E-state index in [4.69, 9.17) is 0 Å². The molecule has 1 nitrogen and oxygen atoms in total. The van der Waals surface area contributed by atoms with Gasteiger partial charge in [0.25, 0.3) is 0 Å². The predicted octanol–water partition coefficient (Wildman–Crippen LogP) is 4.99. The van der Waals surface area contributed by atoms with Gasteiger partial charge in [-0.1, -0.05) is 60.7 Å². The maximum atomic E-state index is 11.7. The Morgan fingerprint density at radius 2 is 1.87 bits per heavy atom. The summed E-state index contributed by atoms with van der Waals surface area (Å²) in [6.07, 6.45) is 9.88. The Hall–Kier alpha value is -2.11. The van der Waals surface area contributed by atoms with Crippen molar-refractivity contribution >= 4 is 25.9 Å². The van der Waals surface area contributed by atoms with Gasteiger partial charge < -0.3 is 4.57 Å². The molecule has 1 aliphatic rings. The number of rotatable bonds is 5. The molecule has 0 saturated carbocycles. The lowest BCUT2D eigenvalue weighted by Crippen LogP contribution is -2.12. The molecule has 0 N–H and O–H groups in total. The van der Waals surface area contributed by atoms with Gasteiger partial charge in [0.15, 0.2) is 0 Å². The first-order chi connectivity index (χ1) is 11.3. The molecule has 0 saturated heterocycles. The third-order valence-corrected chi connectivity index (χ3v) is 5.21. The molecule has 3 rings (SSSR count).